The second-order valence-corrected chi connectivity index (χ2v) is 11.3. The van der Waals surface area contributed by atoms with Crippen LogP contribution in [0.15, 0.2) is 0 Å². The number of ether oxygens (including phenoxy) is 1. The molecule has 2 amide bonds. The van der Waals surface area contributed by atoms with Crippen LogP contribution in [0.2, 0.25) is 0 Å². The van der Waals surface area contributed by atoms with E-state index in [1.54, 1.807) is 4.90 Å². The first kappa shape index (κ1) is 23.0. The summed E-state index contributed by atoms with van der Waals surface area (Å²) in [6, 6.07) is -0.342. The number of esters is 1. The second-order valence-electron chi connectivity index (χ2n) is 9.05. The van der Waals surface area contributed by atoms with Crippen molar-refractivity contribution in [1.29, 1.82) is 0 Å². The molecule has 8 nitrogen and oxygen atoms in total. The van der Waals surface area contributed by atoms with Crippen molar-refractivity contribution >= 4 is 27.6 Å². The molecule has 0 aromatic heterocycles. The van der Waals surface area contributed by atoms with Crippen molar-refractivity contribution in [3.05, 3.63) is 0 Å². The van der Waals surface area contributed by atoms with Crippen LogP contribution in [0.5, 0.6) is 0 Å². The zero-order chi connectivity index (χ0) is 21.8. The molecule has 170 valence electrons. The van der Waals surface area contributed by atoms with Gasteiger partial charge in [0.2, 0.25) is 5.91 Å². The Balaban J connectivity index is 1.68. The Morgan fingerprint density at radius 3 is 2.17 bits per heavy atom. The minimum atomic E-state index is -3.13. The van der Waals surface area contributed by atoms with Crippen LogP contribution in [0.1, 0.15) is 77.6 Å². The summed E-state index contributed by atoms with van der Waals surface area (Å²) < 4.78 is 29.4. The maximum absolute atomic E-state index is 13.1. The summed E-state index contributed by atoms with van der Waals surface area (Å²) in [5.41, 5.74) is -1.06. The number of hydrogen-bond acceptors (Lipinski definition) is 6. The molecule has 0 radical (unpaired) electrons. The predicted molar refractivity (Wildman–Crippen MR) is 111 cm³/mol. The van der Waals surface area contributed by atoms with Gasteiger partial charge >= 0.3 is 5.97 Å². The van der Waals surface area contributed by atoms with E-state index in [1.807, 2.05) is 0 Å². The van der Waals surface area contributed by atoms with Gasteiger partial charge in [-0.15, -0.1) is 0 Å². The number of sulfone groups is 1. The first-order chi connectivity index (χ1) is 14.2. The van der Waals surface area contributed by atoms with Crippen LogP contribution in [0.3, 0.4) is 0 Å². The van der Waals surface area contributed by atoms with Crippen molar-refractivity contribution < 1.29 is 27.5 Å². The van der Waals surface area contributed by atoms with Crippen molar-refractivity contribution in [3.8, 4) is 0 Å². The zero-order valence-corrected chi connectivity index (χ0v) is 18.7. The Kier molecular flexibility index (Phi) is 7.42. The Hall–Kier alpha value is -1.64. The van der Waals surface area contributed by atoms with Crippen LogP contribution in [0.4, 0.5) is 0 Å². The smallest absolute Gasteiger partial charge is 0.332 e. The molecule has 30 heavy (non-hydrogen) atoms. The van der Waals surface area contributed by atoms with Gasteiger partial charge in [-0.2, -0.15) is 0 Å². The number of carbonyl (C=O) groups is 3. The molecule has 3 rings (SSSR count). The molecule has 3 fully saturated rings. The van der Waals surface area contributed by atoms with Gasteiger partial charge in [-0.1, -0.05) is 38.5 Å². The number of hydrogen-bond donors (Lipinski definition) is 1. The third kappa shape index (κ3) is 5.53. The summed E-state index contributed by atoms with van der Waals surface area (Å²) in [6.45, 7) is 0.966. The lowest BCUT2D eigenvalue weighted by Crippen LogP contribution is -2.56. The maximum Gasteiger partial charge on any atom is 0.332 e. The first-order valence-corrected chi connectivity index (χ1v) is 13.0. The Labute approximate surface area is 179 Å². The quantitative estimate of drug-likeness (QED) is 0.627. The summed E-state index contributed by atoms with van der Waals surface area (Å²) in [4.78, 5) is 39.4. The molecule has 0 bridgehead atoms. The molecule has 2 saturated carbocycles. The number of rotatable bonds is 6. The van der Waals surface area contributed by atoms with Crippen LogP contribution in [-0.2, 0) is 29.0 Å². The monoisotopic (exact) mass is 442 g/mol. The molecule has 1 aliphatic heterocycles. The van der Waals surface area contributed by atoms with Gasteiger partial charge in [-0.25, -0.2) is 13.2 Å². The van der Waals surface area contributed by atoms with E-state index in [-0.39, 0.29) is 35.4 Å². The molecule has 1 saturated heterocycles. The highest BCUT2D eigenvalue weighted by molar-refractivity contribution is 7.91. The van der Waals surface area contributed by atoms with Crippen molar-refractivity contribution in [2.45, 2.75) is 95.2 Å². The van der Waals surface area contributed by atoms with Crippen molar-refractivity contribution in [2.24, 2.45) is 0 Å². The van der Waals surface area contributed by atoms with Gasteiger partial charge in [0, 0.05) is 19.0 Å². The SMILES string of the molecule is CC(=O)NC1(C(=O)OCC(=O)N(C2CCCCC2)C2CCS(=O)(=O)C2)CCCCC1. The molecule has 0 aromatic carbocycles. The van der Waals surface area contributed by atoms with Crippen molar-refractivity contribution in [1.82, 2.24) is 10.2 Å². The van der Waals surface area contributed by atoms with Gasteiger partial charge in [0.05, 0.1) is 11.5 Å². The van der Waals surface area contributed by atoms with Crippen LogP contribution >= 0.6 is 0 Å². The molecule has 0 spiro atoms. The van der Waals surface area contributed by atoms with Gasteiger partial charge < -0.3 is 15.0 Å². The van der Waals surface area contributed by atoms with E-state index in [9.17, 15) is 22.8 Å². The first-order valence-electron chi connectivity index (χ1n) is 11.2. The van der Waals surface area contributed by atoms with Gasteiger partial charge in [0.15, 0.2) is 16.4 Å². The van der Waals surface area contributed by atoms with E-state index < -0.39 is 28.0 Å². The summed E-state index contributed by atoms with van der Waals surface area (Å²) in [7, 11) is -3.13. The highest BCUT2D eigenvalue weighted by Gasteiger charge is 2.43. The van der Waals surface area contributed by atoms with Crippen LogP contribution in [-0.4, -0.2) is 66.8 Å². The molecule has 1 N–H and O–H groups in total. The van der Waals surface area contributed by atoms with E-state index in [4.69, 9.17) is 4.74 Å². The molecule has 0 aromatic rings. The summed E-state index contributed by atoms with van der Waals surface area (Å²) in [5, 5.41) is 2.76. The second kappa shape index (κ2) is 9.66. The van der Waals surface area contributed by atoms with Gasteiger partial charge in [-0.05, 0) is 32.1 Å². The largest absolute Gasteiger partial charge is 0.454 e. The van der Waals surface area contributed by atoms with Crippen LogP contribution in [0, 0.1) is 0 Å². The minimum absolute atomic E-state index is 0.00207. The molecule has 1 atom stereocenters. The third-order valence-corrected chi connectivity index (χ3v) is 8.45. The lowest BCUT2D eigenvalue weighted by atomic mass is 9.81. The molecule has 1 heterocycles. The van der Waals surface area contributed by atoms with Crippen molar-refractivity contribution in [3.63, 3.8) is 0 Å². The van der Waals surface area contributed by atoms with E-state index in [2.05, 4.69) is 5.32 Å². The Morgan fingerprint density at radius 2 is 1.60 bits per heavy atom. The zero-order valence-electron chi connectivity index (χ0n) is 17.9. The maximum atomic E-state index is 13.1. The molecular formula is C21H34N2O6S. The molecule has 2 aliphatic carbocycles. The molecular weight excluding hydrogens is 408 g/mol. The normalized spacial score (nSPS) is 26.0. The van der Waals surface area contributed by atoms with E-state index in [0.29, 0.717) is 19.3 Å². The van der Waals surface area contributed by atoms with E-state index >= 15 is 0 Å². The Bertz CT molecular complexity index is 753. The summed E-state index contributed by atoms with van der Waals surface area (Å²) >= 11 is 0. The molecule has 1 unspecified atom stereocenters. The standard InChI is InChI=1S/C21H34N2O6S/c1-16(24)22-21(11-6-3-7-12-21)20(26)29-14-19(25)23(17-8-4-2-5-9-17)18-10-13-30(27,28)15-18/h17-18H,2-15H2,1H3,(H,22,24). The van der Waals surface area contributed by atoms with Gasteiger partial charge in [-0.3, -0.25) is 9.59 Å². The topological polar surface area (TPSA) is 110 Å². The van der Waals surface area contributed by atoms with Crippen molar-refractivity contribution in [2.75, 3.05) is 18.1 Å². The lowest BCUT2D eigenvalue weighted by molar-refractivity contribution is -0.161. The predicted octanol–water partition coefficient (Wildman–Crippen LogP) is 1.72. The van der Waals surface area contributed by atoms with Gasteiger partial charge in [0.1, 0.15) is 5.54 Å². The van der Waals surface area contributed by atoms with E-state index in [1.165, 1.54) is 6.92 Å². The van der Waals surface area contributed by atoms with Crippen LogP contribution in [0.25, 0.3) is 0 Å². The number of nitrogens with one attached hydrogen (secondary N) is 1. The number of nitrogens with zero attached hydrogens (tertiary/aromatic N) is 1. The fourth-order valence-corrected chi connectivity index (χ4v) is 6.98. The number of amides is 2. The summed E-state index contributed by atoms with van der Waals surface area (Å²) in [5.74, 6) is -1.10. The number of carbonyl (C=O) groups excluding carboxylic acids is 3. The third-order valence-electron chi connectivity index (χ3n) is 6.70. The highest BCUT2D eigenvalue weighted by atomic mass is 32.2. The van der Waals surface area contributed by atoms with E-state index in [0.717, 1.165) is 51.4 Å². The van der Waals surface area contributed by atoms with Gasteiger partial charge in [0.25, 0.3) is 5.91 Å². The highest BCUT2D eigenvalue weighted by Crippen LogP contribution is 2.31. The average molecular weight is 443 g/mol. The molecule has 9 heteroatoms. The average Bonchev–Trinajstić information content (AvgIpc) is 3.06. The fraction of sp³-hybridized carbons (Fsp3) is 0.857. The summed E-state index contributed by atoms with van der Waals surface area (Å²) in [6.07, 6.45) is 8.94. The fourth-order valence-electron chi connectivity index (χ4n) is 5.27. The molecule has 3 aliphatic rings. The Morgan fingerprint density at radius 1 is 0.967 bits per heavy atom. The lowest BCUT2D eigenvalue weighted by Gasteiger charge is -2.39. The van der Waals surface area contributed by atoms with Crippen LogP contribution < -0.4 is 5.32 Å². The minimum Gasteiger partial charge on any atom is -0.454 e.